The first-order valence-electron chi connectivity index (χ1n) is 4.89. The van der Waals surface area contributed by atoms with Crippen LogP contribution < -0.4 is 10.9 Å². The van der Waals surface area contributed by atoms with E-state index in [0.29, 0.717) is 0 Å². The van der Waals surface area contributed by atoms with E-state index in [1.807, 2.05) is 20.8 Å². The Morgan fingerprint density at radius 1 is 1.47 bits per heavy atom. The Morgan fingerprint density at radius 3 is 2.80 bits per heavy atom. The van der Waals surface area contributed by atoms with Crippen LogP contribution in [0.15, 0.2) is 12.4 Å². The van der Waals surface area contributed by atoms with Crippen LogP contribution in [0.4, 0.5) is 10.5 Å². The number of anilines is 1. The zero-order valence-corrected chi connectivity index (χ0v) is 9.13. The smallest absolute Gasteiger partial charge is 0.418 e. The van der Waals surface area contributed by atoms with E-state index in [2.05, 4.69) is 10.9 Å². The lowest BCUT2D eigenvalue weighted by Crippen LogP contribution is -2.26. The van der Waals surface area contributed by atoms with E-state index in [-0.39, 0.29) is 6.09 Å². The molecular weight excluding hydrogens is 194 g/mol. The Kier molecular flexibility index (Phi) is 2.19. The predicted molar refractivity (Wildman–Crippen MR) is 56.5 cm³/mol. The maximum atomic E-state index is 11.7. The van der Waals surface area contributed by atoms with Gasteiger partial charge in [0.25, 0.3) is 0 Å². The summed E-state index contributed by atoms with van der Waals surface area (Å²) in [4.78, 5) is 11.7. The molecule has 0 fully saturated rings. The number of hydrogen-bond donors (Lipinski definition) is 2. The summed E-state index contributed by atoms with van der Waals surface area (Å²) < 4.78 is 6.70. The summed E-state index contributed by atoms with van der Waals surface area (Å²) in [6.45, 7) is 6.27. The third kappa shape index (κ3) is 2.12. The van der Waals surface area contributed by atoms with Gasteiger partial charge < -0.3 is 10.2 Å². The van der Waals surface area contributed by atoms with Crippen molar-refractivity contribution in [3.63, 3.8) is 0 Å². The van der Waals surface area contributed by atoms with Crippen molar-refractivity contribution in [3.05, 3.63) is 18.0 Å². The highest BCUT2D eigenvalue weighted by atomic mass is 16.6. The Balaban J connectivity index is 2.13. The lowest BCUT2D eigenvalue weighted by molar-refractivity contribution is 0.0537. The molecular formula is C10H15N3O2. The Bertz CT molecular complexity index is 368. The number of hydrazine groups is 1. The van der Waals surface area contributed by atoms with Crippen molar-refractivity contribution in [2.75, 3.05) is 5.43 Å². The number of aromatic nitrogens is 1. The number of fused-ring (bicyclic) bond motifs is 1. The summed E-state index contributed by atoms with van der Waals surface area (Å²) in [6, 6.07) is 0. The van der Waals surface area contributed by atoms with Crippen molar-refractivity contribution in [1.82, 2.24) is 9.99 Å². The average molecular weight is 209 g/mol. The lowest BCUT2D eigenvalue weighted by atomic mass is 10.2. The maximum Gasteiger partial charge on any atom is 0.418 e. The van der Waals surface area contributed by atoms with Crippen LogP contribution in [-0.2, 0) is 11.3 Å². The fourth-order valence-electron chi connectivity index (χ4n) is 1.40. The summed E-state index contributed by atoms with van der Waals surface area (Å²) in [5.74, 6) is 0. The molecule has 2 heterocycles. The van der Waals surface area contributed by atoms with E-state index in [4.69, 9.17) is 4.74 Å². The highest BCUT2D eigenvalue weighted by molar-refractivity contribution is 5.74. The van der Waals surface area contributed by atoms with Crippen LogP contribution >= 0.6 is 0 Å². The number of ether oxygens (including phenoxy) is 1. The molecule has 0 saturated carbocycles. The maximum absolute atomic E-state index is 11.7. The van der Waals surface area contributed by atoms with Crippen molar-refractivity contribution < 1.29 is 9.53 Å². The molecule has 82 valence electrons. The van der Waals surface area contributed by atoms with Gasteiger partial charge in [-0.1, -0.05) is 0 Å². The molecule has 0 radical (unpaired) electrons. The predicted octanol–water partition coefficient (Wildman–Crippen LogP) is 1.70. The van der Waals surface area contributed by atoms with Crippen LogP contribution in [0.25, 0.3) is 0 Å². The normalized spacial score (nSPS) is 14.6. The third-order valence-corrected chi connectivity index (χ3v) is 2.02. The molecule has 5 heteroatoms. The van der Waals surface area contributed by atoms with E-state index < -0.39 is 5.60 Å². The largest absolute Gasteiger partial charge is 0.443 e. The monoisotopic (exact) mass is 209 g/mol. The molecule has 0 amide bonds. The lowest BCUT2D eigenvalue weighted by Gasteiger charge is -2.19. The zero-order chi connectivity index (χ0) is 11.1. The van der Waals surface area contributed by atoms with Gasteiger partial charge in [0.2, 0.25) is 0 Å². The van der Waals surface area contributed by atoms with Crippen LogP contribution in [0, 0.1) is 0 Å². The van der Waals surface area contributed by atoms with Crippen LogP contribution in [0.3, 0.4) is 0 Å². The van der Waals surface area contributed by atoms with Gasteiger partial charge in [-0.25, -0.2) is 10.2 Å². The minimum absolute atomic E-state index is 0.348. The highest BCUT2D eigenvalue weighted by Crippen LogP contribution is 2.21. The molecule has 0 aromatic carbocycles. The fraction of sp³-hybridized carbons (Fsp3) is 0.500. The highest BCUT2D eigenvalue weighted by Gasteiger charge is 2.20. The van der Waals surface area contributed by atoms with Gasteiger partial charge in [0, 0.05) is 24.5 Å². The third-order valence-electron chi connectivity index (χ3n) is 2.02. The molecule has 0 bridgehead atoms. The van der Waals surface area contributed by atoms with Crippen molar-refractivity contribution in [2.45, 2.75) is 32.9 Å². The van der Waals surface area contributed by atoms with E-state index in [1.54, 1.807) is 12.4 Å². The number of nitrogens with zero attached hydrogens (tertiary/aromatic N) is 1. The quantitative estimate of drug-likeness (QED) is 0.683. The molecule has 5 nitrogen and oxygen atoms in total. The fourth-order valence-corrected chi connectivity index (χ4v) is 1.40. The van der Waals surface area contributed by atoms with Crippen LogP contribution in [0.2, 0.25) is 0 Å². The van der Waals surface area contributed by atoms with E-state index >= 15 is 0 Å². The van der Waals surface area contributed by atoms with Crippen molar-refractivity contribution in [1.29, 1.82) is 0 Å². The van der Waals surface area contributed by atoms with Gasteiger partial charge in [0.1, 0.15) is 5.60 Å². The zero-order valence-electron chi connectivity index (χ0n) is 9.13. The van der Waals surface area contributed by atoms with Gasteiger partial charge in [-0.05, 0) is 20.8 Å². The van der Waals surface area contributed by atoms with E-state index in [1.165, 1.54) is 4.57 Å². The molecule has 1 aromatic rings. The Labute approximate surface area is 88.4 Å². The SMILES string of the molecule is CC(C)(C)OC(=O)n1cc2c(c1)NNC2. The van der Waals surface area contributed by atoms with Gasteiger partial charge in [0.15, 0.2) is 0 Å². The van der Waals surface area contributed by atoms with Crippen molar-refractivity contribution in [3.8, 4) is 0 Å². The summed E-state index contributed by atoms with van der Waals surface area (Å²) in [5, 5.41) is 0. The number of hydrogen-bond acceptors (Lipinski definition) is 4. The summed E-state index contributed by atoms with van der Waals surface area (Å²) in [7, 11) is 0. The molecule has 0 spiro atoms. The van der Waals surface area contributed by atoms with Gasteiger partial charge in [0.05, 0.1) is 5.69 Å². The molecule has 0 unspecified atom stereocenters. The van der Waals surface area contributed by atoms with Gasteiger partial charge in [-0.15, -0.1) is 0 Å². The first kappa shape index (κ1) is 10.0. The number of rotatable bonds is 0. The number of carbonyl (C=O) groups is 1. The first-order valence-corrected chi connectivity index (χ1v) is 4.89. The molecule has 2 N–H and O–H groups in total. The summed E-state index contributed by atoms with van der Waals surface area (Å²) >= 11 is 0. The van der Waals surface area contributed by atoms with Crippen LogP contribution in [-0.4, -0.2) is 16.3 Å². The molecule has 15 heavy (non-hydrogen) atoms. The number of carbonyl (C=O) groups excluding carboxylic acids is 1. The Hall–Kier alpha value is -1.49. The van der Waals surface area contributed by atoms with Crippen molar-refractivity contribution >= 4 is 11.8 Å². The second kappa shape index (κ2) is 3.27. The topological polar surface area (TPSA) is 55.3 Å². The molecule has 0 atom stereocenters. The Morgan fingerprint density at radius 2 is 2.20 bits per heavy atom. The minimum atomic E-state index is -0.461. The molecule has 1 aromatic heterocycles. The summed E-state index contributed by atoms with van der Waals surface area (Å²) in [6.07, 6.45) is 3.15. The molecule has 0 aliphatic carbocycles. The van der Waals surface area contributed by atoms with E-state index in [0.717, 1.165) is 17.8 Å². The molecule has 2 rings (SSSR count). The van der Waals surface area contributed by atoms with Crippen LogP contribution in [0.1, 0.15) is 26.3 Å². The average Bonchev–Trinajstić information content (AvgIpc) is 2.56. The number of nitrogens with one attached hydrogen (secondary N) is 2. The second-order valence-corrected chi connectivity index (χ2v) is 4.56. The minimum Gasteiger partial charge on any atom is -0.443 e. The second-order valence-electron chi connectivity index (χ2n) is 4.56. The van der Waals surface area contributed by atoms with E-state index in [9.17, 15) is 4.79 Å². The molecule has 1 aliphatic rings. The van der Waals surface area contributed by atoms with Gasteiger partial charge in [-0.3, -0.25) is 4.57 Å². The molecule has 1 aliphatic heterocycles. The standard InChI is InChI=1S/C10H15N3O2/c1-10(2,3)15-9(14)13-5-7-4-11-12-8(7)6-13/h5-6,11-12H,4H2,1-3H3. The molecule has 0 saturated heterocycles. The first-order chi connectivity index (χ1) is 6.96. The van der Waals surface area contributed by atoms with Crippen LogP contribution in [0.5, 0.6) is 0 Å². The van der Waals surface area contributed by atoms with Crippen molar-refractivity contribution in [2.24, 2.45) is 0 Å². The van der Waals surface area contributed by atoms with Gasteiger partial charge >= 0.3 is 6.09 Å². The summed E-state index contributed by atoms with van der Waals surface area (Å²) in [5.41, 5.74) is 7.47. The van der Waals surface area contributed by atoms with Gasteiger partial charge in [-0.2, -0.15) is 0 Å².